The molecular formula is C12H19ClN4O. The Labute approximate surface area is 112 Å². The zero-order chi connectivity index (χ0) is 13.1. The molecule has 2 heterocycles. The first-order chi connectivity index (χ1) is 8.69. The highest BCUT2D eigenvalue weighted by molar-refractivity contribution is 6.16. The summed E-state index contributed by atoms with van der Waals surface area (Å²) in [5.41, 5.74) is 2.94. The van der Waals surface area contributed by atoms with Gasteiger partial charge in [-0.1, -0.05) is 0 Å². The quantitative estimate of drug-likeness (QED) is 0.597. The van der Waals surface area contributed by atoms with Crippen LogP contribution in [0.25, 0.3) is 11.2 Å². The van der Waals surface area contributed by atoms with Gasteiger partial charge in [-0.05, 0) is 20.3 Å². The first kappa shape index (κ1) is 13.4. The number of rotatable bonds is 6. The van der Waals surface area contributed by atoms with Gasteiger partial charge in [0.05, 0.1) is 11.6 Å². The molecule has 2 aromatic heterocycles. The largest absolute Gasteiger partial charge is 0.382 e. The fraction of sp³-hybridized carbons (Fsp3) is 0.667. The number of fused-ring (bicyclic) bond motifs is 1. The summed E-state index contributed by atoms with van der Waals surface area (Å²) in [7, 11) is 1.94. The summed E-state index contributed by atoms with van der Waals surface area (Å²) in [6.45, 7) is 6.35. The molecule has 0 unspecified atom stereocenters. The van der Waals surface area contributed by atoms with E-state index in [1.807, 2.05) is 25.6 Å². The van der Waals surface area contributed by atoms with Crippen LogP contribution in [0.4, 0.5) is 0 Å². The van der Waals surface area contributed by atoms with Crippen molar-refractivity contribution in [3.8, 4) is 0 Å². The van der Waals surface area contributed by atoms with Gasteiger partial charge in [0.25, 0.3) is 0 Å². The molecule has 0 bridgehead atoms. The molecular weight excluding hydrogens is 252 g/mol. The van der Waals surface area contributed by atoms with E-state index in [0.717, 1.165) is 48.9 Å². The third-order valence-corrected chi connectivity index (χ3v) is 3.20. The predicted molar refractivity (Wildman–Crippen MR) is 71.9 cm³/mol. The molecule has 0 saturated heterocycles. The number of hydrogen-bond acceptors (Lipinski definition) is 3. The number of aryl methyl sites for hydroxylation is 3. The maximum absolute atomic E-state index is 5.96. The average Bonchev–Trinajstić information content (AvgIpc) is 2.85. The van der Waals surface area contributed by atoms with Gasteiger partial charge in [-0.2, -0.15) is 5.10 Å². The minimum atomic E-state index is 0.419. The molecule has 0 atom stereocenters. The lowest BCUT2D eigenvalue weighted by Crippen LogP contribution is -2.08. The highest BCUT2D eigenvalue weighted by atomic mass is 35.5. The molecule has 5 nitrogen and oxygen atoms in total. The SMILES string of the molecule is CCOCCCn1c(CCl)nc2c(C)nn(C)c21. The number of nitrogens with zero attached hydrogens (tertiary/aromatic N) is 4. The van der Waals surface area contributed by atoms with Crippen molar-refractivity contribution in [2.45, 2.75) is 32.7 Å². The minimum absolute atomic E-state index is 0.419. The van der Waals surface area contributed by atoms with Gasteiger partial charge in [-0.25, -0.2) is 4.98 Å². The van der Waals surface area contributed by atoms with E-state index >= 15 is 0 Å². The normalized spacial score (nSPS) is 11.6. The van der Waals surface area contributed by atoms with Gasteiger partial charge in [-0.3, -0.25) is 4.68 Å². The van der Waals surface area contributed by atoms with Crippen LogP contribution in [0, 0.1) is 6.92 Å². The molecule has 0 aromatic carbocycles. The molecule has 2 aromatic rings. The lowest BCUT2D eigenvalue weighted by molar-refractivity contribution is 0.141. The molecule has 0 spiro atoms. The van der Waals surface area contributed by atoms with Crippen LogP contribution >= 0.6 is 11.6 Å². The third kappa shape index (κ3) is 2.37. The van der Waals surface area contributed by atoms with Crippen molar-refractivity contribution < 1.29 is 4.74 Å². The average molecular weight is 271 g/mol. The summed E-state index contributed by atoms with van der Waals surface area (Å²) >= 11 is 5.96. The number of ether oxygens (including phenoxy) is 1. The van der Waals surface area contributed by atoms with E-state index in [2.05, 4.69) is 14.6 Å². The summed E-state index contributed by atoms with van der Waals surface area (Å²) in [5, 5.41) is 4.39. The van der Waals surface area contributed by atoms with Gasteiger partial charge in [0, 0.05) is 26.8 Å². The first-order valence-corrected chi connectivity index (χ1v) is 6.74. The summed E-state index contributed by atoms with van der Waals surface area (Å²) in [4.78, 5) is 4.56. The molecule has 0 N–H and O–H groups in total. The number of aromatic nitrogens is 4. The van der Waals surface area contributed by atoms with Crippen molar-refractivity contribution in [2.24, 2.45) is 7.05 Å². The van der Waals surface area contributed by atoms with Crippen LogP contribution < -0.4 is 0 Å². The topological polar surface area (TPSA) is 44.9 Å². The predicted octanol–water partition coefficient (Wildman–Crippen LogP) is 2.24. The Morgan fingerprint density at radius 2 is 2.17 bits per heavy atom. The monoisotopic (exact) mass is 270 g/mol. The second-order valence-corrected chi connectivity index (χ2v) is 4.51. The van der Waals surface area contributed by atoms with Gasteiger partial charge in [0.1, 0.15) is 11.3 Å². The Morgan fingerprint density at radius 3 is 2.83 bits per heavy atom. The van der Waals surface area contributed by atoms with Gasteiger partial charge in [0.15, 0.2) is 5.65 Å². The highest BCUT2D eigenvalue weighted by Crippen LogP contribution is 2.20. The highest BCUT2D eigenvalue weighted by Gasteiger charge is 2.16. The van der Waals surface area contributed by atoms with Crippen molar-refractivity contribution in [3.63, 3.8) is 0 Å². The molecule has 0 aliphatic carbocycles. The maximum atomic E-state index is 5.96. The van der Waals surface area contributed by atoms with Crippen LogP contribution in [-0.4, -0.2) is 32.5 Å². The van der Waals surface area contributed by atoms with E-state index in [1.54, 1.807) is 0 Å². The fourth-order valence-electron chi connectivity index (χ4n) is 2.19. The lowest BCUT2D eigenvalue weighted by Gasteiger charge is -2.08. The van der Waals surface area contributed by atoms with Crippen LogP contribution in [0.1, 0.15) is 24.9 Å². The molecule has 100 valence electrons. The second kappa shape index (κ2) is 5.71. The molecule has 6 heteroatoms. The smallest absolute Gasteiger partial charge is 0.158 e. The van der Waals surface area contributed by atoms with Crippen molar-refractivity contribution in [3.05, 3.63) is 11.5 Å². The number of imidazole rings is 1. The number of hydrogen-bond donors (Lipinski definition) is 0. The number of alkyl halides is 1. The molecule has 0 radical (unpaired) electrons. The van der Waals surface area contributed by atoms with Crippen molar-refractivity contribution in [1.82, 2.24) is 19.3 Å². The third-order valence-electron chi connectivity index (χ3n) is 2.96. The van der Waals surface area contributed by atoms with Gasteiger partial charge in [-0.15, -0.1) is 11.6 Å². The molecule has 0 aliphatic heterocycles. The van der Waals surface area contributed by atoms with E-state index < -0.39 is 0 Å². The van der Waals surface area contributed by atoms with Gasteiger partial charge < -0.3 is 9.30 Å². The Balaban J connectivity index is 2.28. The maximum Gasteiger partial charge on any atom is 0.158 e. The van der Waals surface area contributed by atoms with E-state index in [1.165, 1.54) is 0 Å². The van der Waals surface area contributed by atoms with Gasteiger partial charge >= 0.3 is 0 Å². The summed E-state index contributed by atoms with van der Waals surface area (Å²) < 4.78 is 9.37. The van der Waals surface area contributed by atoms with Gasteiger partial charge in [0.2, 0.25) is 0 Å². The van der Waals surface area contributed by atoms with E-state index in [0.29, 0.717) is 5.88 Å². The van der Waals surface area contributed by atoms with Crippen LogP contribution in [-0.2, 0) is 24.2 Å². The zero-order valence-corrected chi connectivity index (χ0v) is 11.9. The fourth-order valence-corrected chi connectivity index (χ4v) is 2.39. The summed E-state index contributed by atoms with van der Waals surface area (Å²) in [5.74, 6) is 1.32. The molecule has 2 rings (SSSR count). The van der Waals surface area contributed by atoms with E-state index in [9.17, 15) is 0 Å². The molecule has 0 fully saturated rings. The molecule has 0 saturated carbocycles. The Bertz CT molecular complexity index is 532. The Morgan fingerprint density at radius 1 is 1.39 bits per heavy atom. The molecule has 0 amide bonds. The van der Waals surface area contributed by atoms with E-state index in [-0.39, 0.29) is 0 Å². The summed E-state index contributed by atoms with van der Waals surface area (Å²) in [6.07, 6.45) is 0.952. The standard InChI is InChI=1S/C12H19ClN4O/c1-4-18-7-5-6-17-10(8-13)14-11-9(2)15-16(3)12(11)17/h4-8H2,1-3H3. The van der Waals surface area contributed by atoms with Crippen LogP contribution in [0.15, 0.2) is 0 Å². The lowest BCUT2D eigenvalue weighted by atomic mass is 10.4. The molecule has 18 heavy (non-hydrogen) atoms. The molecule has 0 aliphatic rings. The minimum Gasteiger partial charge on any atom is -0.382 e. The Kier molecular flexibility index (Phi) is 4.24. The summed E-state index contributed by atoms with van der Waals surface area (Å²) in [6, 6.07) is 0. The number of halogens is 1. The van der Waals surface area contributed by atoms with Crippen molar-refractivity contribution in [1.29, 1.82) is 0 Å². The Hall–Kier alpha value is -1.07. The first-order valence-electron chi connectivity index (χ1n) is 6.21. The van der Waals surface area contributed by atoms with Crippen molar-refractivity contribution in [2.75, 3.05) is 13.2 Å². The van der Waals surface area contributed by atoms with Crippen LogP contribution in [0.5, 0.6) is 0 Å². The van der Waals surface area contributed by atoms with E-state index in [4.69, 9.17) is 16.3 Å². The second-order valence-electron chi connectivity index (χ2n) is 4.25. The van der Waals surface area contributed by atoms with Crippen molar-refractivity contribution >= 4 is 22.8 Å². The zero-order valence-electron chi connectivity index (χ0n) is 11.1. The van der Waals surface area contributed by atoms with Crippen LogP contribution in [0.2, 0.25) is 0 Å². The van der Waals surface area contributed by atoms with Crippen LogP contribution in [0.3, 0.4) is 0 Å².